The van der Waals surface area contributed by atoms with E-state index >= 15 is 0 Å². The van der Waals surface area contributed by atoms with Gasteiger partial charge in [-0.05, 0) is 55.3 Å². The number of carbonyl (C=O) groups is 2. The summed E-state index contributed by atoms with van der Waals surface area (Å²) in [5.41, 5.74) is 3.55. The molecule has 2 aromatic carbocycles. The summed E-state index contributed by atoms with van der Waals surface area (Å²) in [7, 11) is 1.53. The molecule has 3 aromatic rings. The van der Waals surface area contributed by atoms with Crippen molar-refractivity contribution in [2.24, 2.45) is 0 Å². The molecule has 4 rings (SSSR count). The number of nitrogens with zero attached hydrogens (tertiary/aromatic N) is 2. The zero-order valence-electron chi connectivity index (χ0n) is 17.5. The lowest BCUT2D eigenvalue weighted by molar-refractivity contribution is -0.132. The van der Waals surface area contributed by atoms with Crippen LogP contribution in [0.25, 0.3) is 5.76 Å². The first-order valence-corrected chi connectivity index (χ1v) is 9.85. The fraction of sp³-hybridized carbons (Fsp3) is 0.160. The summed E-state index contributed by atoms with van der Waals surface area (Å²) in [6.45, 7) is 3.87. The van der Waals surface area contributed by atoms with Gasteiger partial charge in [-0.25, -0.2) is 0 Å². The monoisotopic (exact) mass is 414 g/mol. The van der Waals surface area contributed by atoms with Crippen molar-refractivity contribution in [2.45, 2.75) is 19.9 Å². The fourth-order valence-electron chi connectivity index (χ4n) is 4.04. The normalized spacial score (nSPS) is 17.8. The lowest BCUT2D eigenvalue weighted by atomic mass is 9.94. The summed E-state index contributed by atoms with van der Waals surface area (Å²) in [5.74, 6) is -1.17. The standard InChI is InChI=1S/C25H22N2O4/c1-15-12-16(2)14-18(13-15)27-22(19-6-4-5-7-20(19)31-3)21(24(29)25(27)30)23(28)17-8-10-26-11-9-17/h4-14,22,28H,1-3H3/b23-21+. The van der Waals surface area contributed by atoms with Crippen LogP contribution < -0.4 is 9.64 Å². The fourth-order valence-corrected chi connectivity index (χ4v) is 4.04. The highest BCUT2D eigenvalue weighted by atomic mass is 16.5. The van der Waals surface area contributed by atoms with Gasteiger partial charge in [-0.1, -0.05) is 24.3 Å². The summed E-state index contributed by atoms with van der Waals surface area (Å²) in [6, 6.07) is 15.2. The highest BCUT2D eigenvalue weighted by Crippen LogP contribution is 2.45. The molecule has 0 bridgehead atoms. The first-order valence-electron chi connectivity index (χ1n) is 9.85. The Balaban J connectivity index is 2.01. The second-order valence-electron chi connectivity index (χ2n) is 7.49. The van der Waals surface area contributed by atoms with Crippen LogP contribution in [-0.2, 0) is 9.59 Å². The van der Waals surface area contributed by atoms with Gasteiger partial charge in [-0.2, -0.15) is 0 Å². The lowest BCUT2D eigenvalue weighted by Crippen LogP contribution is -2.29. The Bertz CT molecular complexity index is 1180. The number of pyridine rings is 1. The largest absolute Gasteiger partial charge is 0.507 e. The van der Waals surface area contributed by atoms with Crippen LogP contribution in [0.4, 0.5) is 5.69 Å². The number of ketones is 1. The number of aryl methyl sites for hydroxylation is 2. The summed E-state index contributed by atoms with van der Waals surface area (Å²) in [6.07, 6.45) is 3.04. The molecule has 6 nitrogen and oxygen atoms in total. The van der Waals surface area contributed by atoms with Crippen molar-refractivity contribution in [3.05, 3.63) is 94.8 Å². The second-order valence-corrected chi connectivity index (χ2v) is 7.49. The first kappa shape index (κ1) is 20.3. The molecule has 1 fully saturated rings. The summed E-state index contributed by atoms with van der Waals surface area (Å²) < 4.78 is 5.53. The highest BCUT2D eigenvalue weighted by Gasteiger charge is 2.48. The van der Waals surface area contributed by atoms with Gasteiger partial charge in [0.05, 0.1) is 18.7 Å². The van der Waals surface area contributed by atoms with Gasteiger partial charge < -0.3 is 9.84 Å². The van der Waals surface area contributed by atoms with Crippen LogP contribution in [0, 0.1) is 13.8 Å². The number of amides is 1. The van der Waals surface area contributed by atoms with Crippen molar-refractivity contribution in [1.29, 1.82) is 0 Å². The maximum Gasteiger partial charge on any atom is 0.300 e. The third-order valence-electron chi connectivity index (χ3n) is 5.32. The number of para-hydroxylation sites is 1. The SMILES string of the molecule is COc1ccccc1C1/C(=C(\O)c2ccncc2)C(=O)C(=O)N1c1cc(C)cc(C)c1. The summed E-state index contributed by atoms with van der Waals surface area (Å²) >= 11 is 0. The van der Waals surface area contributed by atoms with Gasteiger partial charge in [0, 0.05) is 29.2 Å². The molecule has 0 spiro atoms. The summed E-state index contributed by atoms with van der Waals surface area (Å²) in [4.78, 5) is 31.8. The highest BCUT2D eigenvalue weighted by molar-refractivity contribution is 6.51. The van der Waals surface area contributed by atoms with Crippen LogP contribution in [0.2, 0.25) is 0 Å². The Kier molecular flexibility index (Phi) is 5.29. The molecular weight excluding hydrogens is 392 g/mol. The van der Waals surface area contributed by atoms with E-state index < -0.39 is 17.7 Å². The second kappa shape index (κ2) is 8.07. The van der Waals surface area contributed by atoms with Gasteiger partial charge >= 0.3 is 0 Å². The number of benzene rings is 2. The molecule has 6 heteroatoms. The molecule has 0 saturated carbocycles. The lowest BCUT2D eigenvalue weighted by Gasteiger charge is -2.27. The molecule has 1 aromatic heterocycles. The average Bonchev–Trinajstić information content (AvgIpc) is 3.03. The third-order valence-corrected chi connectivity index (χ3v) is 5.32. The van der Waals surface area contributed by atoms with E-state index in [1.807, 2.05) is 44.2 Å². The Morgan fingerprint density at radius 3 is 2.29 bits per heavy atom. The van der Waals surface area contributed by atoms with Crippen LogP contribution in [0.5, 0.6) is 5.75 Å². The number of carbonyl (C=O) groups excluding carboxylic acids is 2. The Morgan fingerprint density at radius 1 is 1.00 bits per heavy atom. The van der Waals surface area contributed by atoms with E-state index in [4.69, 9.17) is 4.74 Å². The zero-order valence-corrected chi connectivity index (χ0v) is 17.5. The number of aromatic nitrogens is 1. The molecule has 31 heavy (non-hydrogen) atoms. The summed E-state index contributed by atoms with van der Waals surface area (Å²) in [5, 5.41) is 11.1. The number of methoxy groups -OCH3 is 1. The number of Topliss-reactive ketones (excluding diaryl/α,β-unsaturated/α-hetero) is 1. The van der Waals surface area contributed by atoms with Gasteiger partial charge in [0.15, 0.2) is 0 Å². The number of aliphatic hydroxyl groups is 1. The topological polar surface area (TPSA) is 79.7 Å². The molecule has 2 heterocycles. The van der Waals surface area contributed by atoms with Crippen molar-refractivity contribution in [1.82, 2.24) is 4.98 Å². The van der Waals surface area contributed by atoms with Crippen LogP contribution in [0.15, 0.2) is 72.6 Å². The van der Waals surface area contributed by atoms with E-state index in [0.29, 0.717) is 22.6 Å². The molecule has 1 aliphatic rings. The van der Waals surface area contributed by atoms with Gasteiger partial charge in [0.25, 0.3) is 11.7 Å². The molecule has 0 aliphatic carbocycles. The van der Waals surface area contributed by atoms with E-state index in [0.717, 1.165) is 11.1 Å². The van der Waals surface area contributed by atoms with E-state index in [9.17, 15) is 14.7 Å². The van der Waals surface area contributed by atoms with Crippen molar-refractivity contribution >= 4 is 23.1 Å². The molecular formula is C25H22N2O4. The Morgan fingerprint density at radius 2 is 1.65 bits per heavy atom. The van der Waals surface area contributed by atoms with Gasteiger partial charge in [0.2, 0.25) is 0 Å². The van der Waals surface area contributed by atoms with Crippen LogP contribution in [-0.4, -0.2) is 28.9 Å². The zero-order chi connectivity index (χ0) is 22.1. The van der Waals surface area contributed by atoms with Crippen molar-refractivity contribution in [3.8, 4) is 5.75 Å². The third kappa shape index (κ3) is 3.57. The molecule has 0 radical (unpaired) electrons. The molecule has 1 amide bonds. The van der Waals surface area contributed by atoms with Gasteiger partial charge in [-0.15, -0.1) is 0 Å². The minimum atomic E-state index is -0.842. The predicted octanol–water partition coefficient (Wildman–Crippen LogP) is 4.33. The molecule has 1 aliphatic heterocycles. The minimum Gasteiger partial charge on any atom is -0.507 e. The molecule has 1 saturated heterocycles. The number of hydrogen-bond donors (Lipinski definition) is 1. The minimum absolute atomic E-state index is 0.0138. The maximum atomic E-state index is 13.2. The van der Waals surface area contributed by atoms with Crippen LogP contribution in [0.3, 0.4) is 0 Å². The Hall–Kier alpha value is -3.93. The van der Waals surface area contributed by atoms with E-state index in [-0.39, 0.29) is 11.3 Å². The predicted molar refractivity (Wildman–Crippen MR) is 118 cm³/mol. The Labute approximate surface area is 180 Å². The number of rotatable bonds is 4. The maximum absolute atomic E-state index is 13.2. The van der Waals surface area contributed by atoms with Crippen molar-refractivity contribution < 1.29 is 19.4 Å². The quantitative estimate of drug-likeness (QED) is 0.390. The molecule has 1 unspecified atom stereocenters. The first-order chi connectivity index (χ1) is 14.9. The smallest absolute Gasteiger partial charge is 0.300 e. The van der Waals surface area contributed by atoms with Crippen molar-refractivity contribution in [3.63, 3.8) is 0 Å². The molecule has 156 valence electrons. The molecule has 1 N–H and O–H groups in total. The van der Waals surface area contributed by atoms with Gasteiger partial charge in [0.1, 0.15) is 11.5 Å². The molecule has 1 atom stereocenters. The number of aliphatic hydroxyl groups excluding tert-OH is 1. The van der Waals surface area contributed by atoms with Crippen LogP contribution in [0.1, 0.15) is 28.3 Å². The van der Waals surface area contributed by atoms with Crippen molar-refractivity contribution in [2.75, 3.05) is 12.0 Å². The number of ether oxygens (including phenoxy) is 1. The number of anilines is 1. The average molecular weight is 414 g/mol. The van der Waals surface area contributed by atoms with E-state index in [2.05, 4.69) is 4.98 Å². The number of hydrogen-bond acceptors (Lipinski definition) is 5. The van der Waals surface area contributed by atoms with Crippen LogP contribution >= 0.6 is 0 Å². The van der Waals surface area contributed by atoms with E-state index in [1.165, 1.54) is 24.4 Å². The van der Waals surface area contributed by atoms with Gasteiger partial charge in [-0.3, -0.25) is 19.5 Å². The van der Waals surface area contributed by atoms with E-state index in [1.54, 1.807) is 24.3 Å².